The molecule has 26 heavy (non-hydrogen) atoms. The van der Waals surface area contributed by atoms with Crippen LogP contribution in [0.1, 0.15) is 38.5 Å². The quantitative estimate of drug-likeness (QED) is 0.563. The van der Waals surface area contributed by atoms with Crippen LogP contribution in [-0.4, -0.2) is 37.7 Å². The monoisotopic (exact) mass is 364 g/mol. The molecule has 144 valence electrons. The van der Waals surface area contributed by atoms with Crippen molar-refractivity contribution in [2.24, 2.45) is 11.5 Å². The fraction of sp³-hybridized carbons (Fsp3) is 0.556. The fourth-order valence-corrected chi connectivity index (χ4v) is 3.11. The second kappa shape index (κ2) is 10.6. The summed E-state index contributed by atoms with van der Waals surface area (Å²) in [4.78, 5) is 23.7. The van der Waals surface area contributed by atoms with Crippen molar-refractivity contribution in [2.45, 2.75) is 50.7 Å². The van der Waals surface area contributed by atoms with E-state index in [0.717, 1.165) is 30.4 Å². The average Bonchev–Trinajstić information content (AvgIpc) is 2.57. The third-order valence-corrected chi connectivity index (χ3v) is 4.31. The Hall–Kier alpha value is -2.32. The SMILES string of the molecule is NCNC(=O)OC1CC/C=C/C2=C(C1)C(OC(=O)NCN)CCC/C=C/2. The minimum absolute atomic E-state index is 0.0161. The van der Waals surface area contributed by atoms with Crippen molar-refractivity contribution in [1.82, 2.24) is 10.6 Å². The number of carbonyl (C=O) groups is 2. The molecule has 2 rings (SSSR count). The van der Waals surface area contributed by atoms with Gasteiger partial charge in [0.15, 0.2) is 0 Å². The molecule has 0 aromatic heterocycles. The van der Waals surface area contributed by atoms with Crippen LogP contribution < -0.4 is 22.1 Å². The number of alkyl carbamates (subject to hydrolysis) is 2. The number of hydrogen-bond donors (Lipinski definition) is 4. The third-order valence-electron chi connectivity index (χ3n) is 4.31. The Morgan fingerprint density at radius 3 is 2.35 bits per heavy atom. The van der Waals surface area contributed by atoms with E-state index in [1.54, 1.807) is 0 Å². The fourth-order valence-electron chi connectivity index (χ4n) is 3.11. The number of carbonyl (C=O) groups excluding carboxylic acids is 2. The van der Waals surface area contributed by atoms with Gasteiger partial charge in [0.1, 0.15) is 12.2 Å². The first-order valence-electron chi connectivity index (χ1n) is 8.99. The topological polar surface area (TPSA) is 129 Å². The maximum atomic E-state index is 11.9. The van der Waals surface area contributed by atoms with Gasteiger partial charge in [-0.25, -0.2) is 9.59 Å². The van der Waals surface area contributed by atoms with Crippen molar-refractivity contribution in [3.05, 3.63) is 35.5 Å². The first-order valence-corrected chi connectivity index (χ1v) is 8.99. The molecule has 2 unspecified atom stereocenters. The van der Waals surface area contributed by atoms with Gasteiger partial charge in [0.2, 0.25) is 0 Å². The molecular weight excluding hydrogens is 336 g/mol. The van der Waals surface area contributed by atoms with E-state index in [2.05, 4.69) is 22.8 Å². The molecule has 2 atom stereocenters. The van der Waals surface area contributed by atoms with Crippen LogP contribution in [-0.2, 0) is 9.47 Å². The Bertz CT molecular complexity index is 582. The molecule has 0 radical (unpaired) electrons. The molecule has 0 saturated carbocycles. The maximum absolute atomic E-state index is 11.9. The third kappa shape index (κ3) is 6.20. The second-order valence-corrected chi connectivity index (χ2v) is 6.18. The first kappa shape index (κ1) is 20.0. The Balaban J connectivity index is 2.23. The lowest BCUT2D eigenvalue weighted by molar-refractivity contribution is 0.0786. The van der Waals surface area contributed by atoms with Crippen LogP contribution in [0.2, 0.25) is 0 Å². The Labute approximate surface area is 153 Å². The van der Waals surface area contributed by atoms with E-state index in [4.69, 9.17) is 20.9 Å². The van der Waals surface area contributed by atoms with Gasteiger partial charge in [-0.15, -0.1) is 0 Å². The van der Waals surface area contributed by atoms with Gasteiger partial charge >= 0.3 is 12.2 Å². The molecule has 2 aliphatic carbocycles. The Kier molecular flexibility index (Phi) is 8.17. The van der Waals surface area contributed by atoms with Gasteiger partial charge in [0.25, 0.3) is 0 Å². The summed E-state index contributed by atoms with van der Waals surface area (Å²) >= 11 is 0. The van der Waals surface area contributed by atoms with Gasteiger partial charge in [-0.05, 0) is 43.3 Å². The van der Waals surface area contributed by atoms with Crippen molar-refractivity contribution in [1.29, 1.82) is 0 Å². The van der Waals surface area contributed by atoms with E-state index in [0.29, 0.717) is 19.3 Å². The van der Waals surface area contributed by atoms with Crippen molar-refractivity contribution in [3.63, 3.8) is 0 Å². The molecule has 0 heterocycles. The molecule has 8 heteroatoms. The highest BCUT2D eigenvalue weighted by molar-refractivity contribution is 5.68. The Morgan fingerprint density at radius 1 is 1.00 bits per heavy atom. The number of allylic oxidation sites excluding steroid dienone is 5. The highest BCUT2D eigenvalue weighted by atomic mass is 16.6. The van der Waals surface area contributed by atoms with Crippen LogP contribution in [0.25, 0.3) is 0 Å². The molecule has 6 N–H and O–H groups in total. The van der Waals surface area contributed by atoms with Crippen LogP contribution >= 0.6 is 0 Å². The molecule has 0 bridgehead atoms. The van der Waals surface area contributed by atoms with Gasteiger partial charge in [-0.3, -0.25) is 0 Å². The molecule has 0 spiro atoms. The van der Waals surface area contributed by atoms with Crippen molar-refractivity contribution >= 4 is 12.2 Å². The zero-order valence-electron chi connectivity index (χ0n) is 14.9. The molecule has 0 aliphatic heterocycles. The molecule has 0 aromatic carbocycles. The summed E-state index contributed by atoms with van der Waals surface area (Å²) in [5.41, 5.74) is 12.6. The van der Waals surface area contributed by atoms with E-state index >= 15 is 0 Å². The number of nitrogens with one attached hydrogen (secondary N) is 2. The summed E-state index contributed by atoms with van der Waals surface area (Å²) in [7, 11) is 0. The van der Waals surface area contributed by atoms with Gasteiger partial charge in [0.05, 0.1) is 13.3 Å². The van der Waals surface area contributed by atoms with Gasteiger partial charge in [0, 0.05) is 6.42 Å². The summed E-state index contributed by atoms with van der Waals surface area (Å²) in [5.74, 6) is 0. The van der Waals surface area contributed by atoms with Crippen molar-refractivity contribution in [3.8, 4) is 0 Å². The lowest BCUT2D eigenvalue weighted by Crippen LogP contribution is -2.36. The molecule has 8 nitrogen and oxygen atoms in total. The molecule has 0 fully saturated rings. The van der Waals surface area contributed by atoms with Gasteiger partial charge in [-0.2, -0.15) is 0 Å². The minimum atomic E-state index is -0.543. The predicted octanol–water partition coefficient (Wildman–Crippen LogP) is 1.79. The van der Waals surface area contributed by atoms with Crippen LogP contribution in [0.15, 0.2) is 35.5 Å². The van der Waals surface area contributed by atoms with E-state index in [1.165, 1.54) is 0 Å². The molecule has 0 aromatic rings. The van der Waals surface area contributed by atoms with E-state index in [9.17, 15) is 9.59 Å². The molecular formula is C18H28N4O4. The van der Waals surface area contributed by atoms with Crippen LogP contribution in [0.3, 0.4) is 0 Å². The minimum Gasteiger partial charge on any atom is -0.446 e. The smallest absolute Gasteiger partial charge is 0.408 e. The summed E-state index contributed by atoms with van der Waals surface area (Å²) in [6, 6.07) is 0. The van der Waals surface area contributed by atoms with E-state index in [-0.39, 0.29) is 25.5 Å². The van der Waals surface area contributed by atoms with Crippen LogP contribution in [0.5, 0.6) is 0 Å². The standard InChI is InChI=1S/C18H28N4O4/c19-11-21-17(23)25-14-8-5-4-7-13-6-2-1-3-9-16(15(13)10-14)26-18(24)22-12-20/h2,4,6-7,14,16H,1,3,5,8-12,19-20H2,(H,21,23)(H,22,24)/b6-2+,7-4+,15-13?. The molecule has 0 saturated heterocycles. The van der Waals surface area contributed by atoms with Crippen molar-refractivity contribution < 1.29 is 19.1 Å². The second-order valence-electron chi connectivity index (χ2n) is 6.18. The summed E-state index contributed by atoms with van der Waals surface area (Å²) in [5, 5.41) is 4.90. The summed E-state index contributed by atoms with van der Waals surface area (Å²) in [6.07, 6.45) is 11.0. The lowest BCUT2D eigenvalue weighted by Gasteiger charge is -2.28. The number of amides is 2. The number of ether oxygens (including phenoxy) is 2. The van der Waals surface area contributed by atoms with Crippen LogP contribution in [0, 0.1) is 0 Å². The largest absolute Gasteiger partial charge is 0.446 e. The van der Waals surface area contributed by atoms with Gasteiger partial charge in [-0.1, -0.05) is 24.3 Å². The van der Waals surface area contributed by atoms with Crippen molar-refractivity contribution in [2.75, 3.05) is 13.3 Å². The Morgan fingerprint density at radius 2 is 1.65 bits per heavy atom. The predicted molar refractivity (Wildman–Crippen MR) is 97.9 cm³/mol. The zero-order chi connectivity index (χ0) is 18.8. The highest BCUT2D eigenvalue weighted by Crippen LogP contribution is 2.30. The number of hydrogen-bond acceptors (Lipinski definition) is 6. The number of rotatable bonds is 4. The van der Waals surface area contributed by atoms with E-state index < -0.39 is 12.2 Å². The van der Waals surface area contributed by atoms with Crippen LogP contribution in [0.4, 0.5) is 9.59 Å². The first-order chi connectivity index (χ1) is 12.6. The number of nitrogens with two attached hydrogens (primary N) is 2. The average molecular weight is 364 g/mol. The van der Waals surface area contributed by atoms with Gasteiger partial charge < -0.3 is 31.6 Å². The zero-order valence-corrected chi connectivity index (χ0v) is 14.9. The highest BCUT2D eigenvalue weighted by Gasteiger charge is 2.27. The lowest BCUT2D eigenvalue weighted by atomic mass is 9.88. The molecule has 2 amide bonds. The molecule has 2 aliphatic rings. The van der Waals surface area contributed by atoms with E-state index in [1.807, 2.05) is 12.2 Å². The summed E-state index contributed by atoms with van der Waals surface area (Å²) in [6.45, 7) is 0.0371. The normalized spacial score (nSPS) is 25.5. The summed E-state index contributed by atoms with van der Waals surface area (Å²) < 4.78 is 11.1. The maximum Gasteiger partial charge on any atom is 0.408 e.